The molecule has 0 unspecified atom stereocenters. The van der Waals surface area contributed by atoms with E-state index in [0.717, 1.165) is 29.7 Å². The lowest BCUT2D eigenvalue weighted by molar-refractivity contribution is 0.0992. The van der Waals surface area contributed by atoms with Gasteiger partial charge < -0.3 is 4.90 Å². The number of benzene rings is 3. The van der Waals surface area contributed by atoms with Gasteiger partial charge in [0, 0.05) is 18.3 Å². The van der Waals surface area contributed by atoms with E-state index in [1.165, 1.54) is 5.56 Å². The minimum Gasteiger partial charge on any atom is -0.311 e. The average molecular weight is 315 g/mol. The molecular weight excluding hydrogens is 294 g/mol. The van der Waals surface area contributed by atoms with Crippen molar-refractivity contribution in [3.8, 4) is 0 Å². The Balaban J connectivity index is 1.79. The fourth-order valence-corrected chi connectivity index (χ4v) is 2.82. The highest BCUT2D eigenvalue weighted by Gasteiger charge is 2.16. The highest BCUT2D eigenvalue weighted by molar-refractivity contribution is 6.06. The molecule has 0 fully saturated rings. The van der Waals surface area contributed by atoms with Gasteiger partial charge in [-0.3, -0.25) is 4.79 Å². The van der Waals surface area contributed by atoms with Crippen molar-refractivity contribution in [3.63, 3.8) is 0 Å². The van der Waals surface area contributed by atoms with Crippen molar-refractivity contribution in [2.75, 3.05) is 11.9 Å². The van der Waals surface area contributed by atoms with Gasteiger partial charge in [0.15, 0.2) is 0 Å². The molecule has 24 heavy (non-hydrogen) atoms. The van der Waals surface area contributed by atoms with E-state index in [2.05, 4.69) is 30.3 Å². The predicted octanol–water partition coefficient (Wildman–Crippen LogP) is 4.75. The Hall–Kier alpha value is -2.87. The number of aryl methyl sites for hydroxylation is 2. The zero-order valence-electron chi connectivity index (χ0n) is 13.9. The number of carbonyl (C=O) groups is 1. The van der Waals surface area contributed by atoms with Crippen molar-refractivity contribution in [1.82, 2.24) is 0 Å². The zero-order valence-corrected chi connectivity index (χ0v) is 13.9. The van der Waals surface area contributed by atoms with Gasteiger partial charge in [0.05, 0.1) is 0 Å². The van der Waals surface area contributed by atoms with Crippen molar-refractivity contribution in [2.24, 2.45) is 0 Å². The molecule has 0 saturated heterocycles. The first-order valence-electron chi connectivity index (χ1n) is 8.20. The van der Waals surface area contributed by atoms with E-state index in [4.69, 9.17) is 0 Å². The normalized spacial score (nSPS) is 10.4. The van der Waals surface area contributed by atoms with Crippen LogP contribution < -0.4 is 4.90 Å². The Morgan fingerprint density at radius 2 is 1.33 bits per heavy atom. The molecule has 3 aromatic rings. The monoisotopic (exact) mass is 315 g/mol. The summed E-state index contributed by atoms with van der Waals surface area (Å²) in [6.45, 7) is 0. The van der Waals surface area contributed by atoms with Crippen LogP contribution in [-0.2, 0) is 12.8 Å². The fourth-order valence-electron chi connectivity index (χ4n) is 2.82. The van der Waals surface area contributed by atoms with Gasteiger partial charge in [0.25, 0.3) is 5.91 Å². The second kappa shape index (κ2) is 7.60. The molecule has 0 N–H and O–H groups in total. The Morgan fingerprint density at radius 3 is 2.04 bits per heavy atom. The minimum absolute atomic E-state index is 0.0323. The number of hydrogen-bond acceptors (Lipinski definition) is 1. The standard InChI is InChI=1S/C22H21NO/c1-23(20-13-6-3-7-14-20)22(24)21-15-9-8-12-19(21)17-16-18-10-4-2-5-11-18/h2-15H,16-17H2,1H3. The first-order valence-corrected chi connectivity index (χ1v) is 8.20. The summed E-state index contributed by atoms with van der Waals surface area (Å²) < 4.78 is 0. The molecule has 2 nitrogen and oxygen atoms in total. The summed E-state index contributed by atoms with van der Waals surface area (Å²) in [6, 6.07) is 28.0. The average Bonchev–Trinajstić information content (AvgIpc) is 2.67. The summed E-state index contributed by atoms with van der Waals surface area (Å²) in [5.41, 5.74) is 4.06. The molecule has 0 aliphatic rings. The molecule has 0 aromatic heterocycles. The van der Waals surface area contributed by atoms with Gasteiger partial charge in [-0.2, -0.15) is 0 Å². The molecule has 2 heteroatoms. The Kier molecular flexibility index (Phi) is 5.07. The summed E-state index contributed by atoms with van der Waals surface area (Å²) in [5.74, 6) is 0.0323. The van der Waals surface area contributed by atoms with Gasteiger partial charge in [0.1, 0.15) is 0 Å². The van der Waals surface area contributed by atoms with Crippen LogP contribution in [0.15, 0.2) is 84.9 Å². The van der Waals surface area contributed by atoms with Crippen molar-refractivity contribution in [1.29, 1.82) is 0 Å². The van der Waals surface area contributed by atoms with Gasteiger partial charge in [-0.25, -0.2) is 0 Å². The molecular formula is C22H21NO. The third-order valence-electron chi connectivity index (χ3n) is 4.22. The van der Waals surface area contributed by atoms with E-state index in [-0.39, 0.29) is 5.91 Å². The maximum Gasteiger partial charge on any atom is 0.258 e. The number of hydrogen-bond donors (Lipinski definition) is 0. The van der Waals surface area contributed by atoms with Crippen LogP contribution >= 0.6 is 0 Å². The van der Waals surface area contributed by atoms with Crippen molar-refractivity contribution < 1.29 is 4.79 Å². The lowest BCUT2D eigenvalue weighted by atomic mass is 9.99. The van der Waals surface area contributed by atoms with Crippen LogP contribution in [-0.4, -0.2) is 13.0 Å². The molecule has 0 aliphatic heterocycles. The van der Waals surface area contributed by atoms with Crippen LogP contribution in [0.2, 0.25) is 0 Å². The molecule has 0 radical (unpaired) electrons. The summed E-state index contributed by atoms with van der Waals surface area (Å²) in [5, 5.41) is 0. The predicted molar refractivity (Wildman–Crippen MR) is 99.5 cm³/mol. The number of carbonyl (C=O) groups excluding carboxylic acids is 1. The topological polar surface area (TPSA) is 20.3 Å². The quantitative estimate of drug-likeness (QED) is 0.665. The molecule has 0 spiro atoms. The van der Waals surface area contributed by atoms with Gasteiger partial charge in [0.2, 0.25) is 0 Å². The SMILES string of the molecule is CN(C(=O)c1ccccc1CCc1ccccc1)c1ccccc1. The Labute approximate surface area is 143 Å². The Bertz CT molecular complexity index is 796. The van der Waals surface area contributed by atoms with E-state index >= 15 is 0 Å². The highest BCUT2D eigenvalue weighted by atomic mass is 16.2. The number of amides is 1. The Morgan fingerprint density at radius 1 is 0.750 bits per heavy atom. The van der Waals surface area contributed by atoms with Gasteiger partial charge in [-0.05, 0) is 42.2 Å². The highest BCUT2D eigenvalue weighted by Crippen LogP contribution is 2.19. The van der Waals surface area contributed by atoms with Gasteiger partial charge in [-0.15, -0.1) is 0 Å². The summed E-state index contributed by atoms with van der Waals surface area (Å²) in [7, 11) is 1.83. The first kappa shape index (κ1) is 16.0. The molecule has 0 atom stereocenters. The zero-order chi connectivity index (χ0) is 16.8. The second-order valence-corrected chi connectivity index (χ2v) is 5.84. The van der Waals surface area contributed by atoms with E-state index in [0.29, 0.717) is 0 Å². The first-order chi connectivity index (χ1) is 11.8. The molecule has 0 bridgehead atoms. The molecule has 0 saturated carbocycles. The smallest absolute Gasteiger partial charge is 0.258 e. The van der Waals surface area contributed by atoms with Crippen LogP contribution in [0, 0.1) is 0 Å². The molecule has 120 valence electrons. The second-order valence-electron chi connectivity index (χ2n) is 5.84. The van der Waals surface area contributed by atoms with Gasteiger partial charge >= 0.3 is 0 Å². The van der Waals surface area contributed by atoms with E-state index in [1.54, 1.807) is 4.90 Å². The van der Waals surface area contributed by atoms with Crippen LogP contribution in [0.4, 0.5) is 5.69 Å². The summed E-state index contributed by atoms with van der Waals surface area (Å²) >= 11 is 0. The molecule has 3 aromatic carbocycles. The van der Waals surface area contributed by atoms with Crippen LogP contribution in [0.3, 0.4) is 0 Å². The molecule has 1 amide bonds. The third kappa shape index (κ3) is 3.72. The van der Waals surface area contributed by atoms with E-state index < -0.39 is 0 Å². The maximum absolute atomic E-state index is 12.9. The lowest BCUT2D eigenvalue weighted by Gasteiger charge is -2.19. The largest absolute Gasteiger partial charge is 0.311 e. The van der Waals surface area contributed by atoms with E-state index in [9.17, 15) is 4.79 Å². The van der Waals surface area contributed by atoms with Crippen molar-refractivity contribution >= 4 is 11.6 Å². The number of rotatable bonds is 5. The fraction of sp³-hybridized carbons (Fsp3) is 0.136. The van der Waals surface area contributed by atoms with Gasteiger partial charge in [-0.1, -0.05) is 66.7 Å². The summed E-state index contributed by atoms with van der Waals surface area (Å²) in [6.07, 6.45) is 1.79. The van der Waals surface area contributed by atoms with Crippen molar-refractivity contribution in [2.45, 2.75) is 12.8 Å². The summed E-state index contributed by atoms with van der Waals surface area (Å²) in [4.78, 5) is 14.6. The third-order valence-corrected chi connectivity index (χ3v) is 4.22. The maximum atomic E-state index is 12.9. The number of para-hydroxylation sites is 1. The molecule has 3 rings (SSSR count). The van der Waals surface area contributed by atoms with Crippen LogP contribution in [0.25, 0.3) is 0 Å². The minimum atomic E-state index is 0.0323. The van der Waals surface area contributed by atoms with Crippen molar-refractivity contribution in [3.05, 3.63) is 102 Å². The van der Waals surface area contributed by atoms with E-state index in [1.807, 2.05) is 61.6 Å². The number of nitrogens with zero attached hydrogens (tertiary/aromatic N) is 1. The van der Waals surface area contributed by atoms with Crippen LogP contribution in [0.1, 0.15) is 21.5 Å². The molecule has 0 heterocycles. The molecule has 0 aliphatic carbocycles. The van der Waals surface area contributed by atoms with Crippen LogP contribution in [0.5, 0.6) is 0 Å². The lowest BCUT2D eigenvalue weighted by Crippen LogP contribution is -2.27. The number of anilines is 1.